The van der Waals surface area contributed by atoms with Gasteiger partial charge in [0.15, 0.2) is 5.82 Å². The third kappa shape index (κ3) is 2.58. The number of amides is 1. The standard InChI is InChI=1S/C16H12ClN3O2/c1-20-13-5-3-2-4-12(13)18-14(16(20)22)19-15(21)10-6-8-11(17)9-7-10/h2-9H,1H3,(H,18,19,21). The van der Waals surface area contributed by atoms with E-state index in [9.17, 15) is 9.59 Å². The van der Waals surface area contributed by atoms with Crippen LogP contribution in [0.4, 0.5) is 5.82 Å². The molecule has 5 nitrogen and oxygen atoms in total. The van der Waals surface area contributed by atoms with E-state index >= 15 is 0 Å². The number of anilines is 1. The Morgan fingerprint density at radius 2 is 1.82 bits per heavy atom. The number of benzene rings is 2. The number of carbonyl (C=O) groups is 1. The van der Waals surface area contributed by atoms with Crippen molar-refractivity contribution < 1.29 is 4.79 Å². The molecule has 0 spiro atoms. The van der Waals surface area contributed by atoms with Crippen LogP contribution in [0.25, 0.3) is 11.0 Å². The lowest BCUT2D eigenvalue weighted by Gasteiger charge is -2.09. The van der Waals surface area contributed by atoms with Gasteiger partial charge in [-0.3, -0.25) is 9.59 Å². The van der Waals surface area contributed by atoms with Crippen molar-refractivity contribution in [2.75, 3.05) is 5.32 Å². The number of aromatic nitrogens is 2. The molecular formula is C16H12ClN3O2. The fraction of sp³-hybridized carbons (Fsp3) is 0.0625. The zero-order chi connectivity index (χ0) is 15.7. The molecule has 0 unspecified atom stereocenters. The molecule has 1 aromatic heterocycles. The number of aryl methyl sites for hydroxylation is 1. The summed E-state index contributed by atoms with van der Waals surface area (Å²) in [4.78, 5) is 28.7. The molecule has 0 aliphatic heterocycles. The van der Waals surface area contributed by atoms with Gasteiger partial charge in [0, 0.05) is 17.6 Å². The fourth-order valence-electron chi connectivity index (χ4n) is 2.14. The van der Waals surface area contributed by atoms with Crippen molar-refractivity contribution in [3.8, 4) is 0 Å². The summed E-state index contributed by atoms with van der Waals surface area (Å²) in [5, 5.41) is 3.09. The van der Waals surface area contributed by atoms with E-state index in [1.807, 2.05) is 12.1 Å². The van der Waals surface area contributed by atoms with Gasteiger partial charge in [-0.25, -0.2) is 4.98 Å². The second-order valence-corrected chi connectivity index (χ2v) is 5.21. The first-order valence-corrected chi connectivity index (χ1v) is 6.97. The highest BCUT2D eigenvalue weighted by Crippen LogP contribution is 2.13. The van der Waals surface area contributed by atoms with Crippen LogP contribution in [-0.2, 0) is 7.05 Å². The molecule has 1 N–H and O–H groups in total. The maximum absolute atomic E-state index is 12.3. The summed E-state index contributed by atoms with van der Waals surface area (Å²) in [7, 11) is 1.64. The molecule has 3 aromatic rings. The number of nitrogens with one attached hydrogen (secondary N) is 1. The van der Waals surface area contributed by atoms with Crippen LogP contribution in [0, 0.1) is 0 Å². The van der Waals surface area contributed by atoms with Gasteiger partial charge >= 0.3 is 0 Å². The molecule has 6 heteroatoms. The maximum atomic E-state index is 12.3. The van der Waals surface area contributed by atoms with Crippen LogP contribution in [0.1, 0.15) is 10.4 Å². The van der Waals surface area contributed by atoms with Crippen LogP contribution < -0.4 is 10.9 Å². The van der Waals surface area contributed by atoms with Gasteiger partial charge in [0.25, 0.3) is 11.5 Å². The summed E-state index contributed by atoms with van der Waals surface area (Å²) in [6, 6.07) is 13.6. The molecule has 1 amide bonds. The average Bonchev–Trinajstić information content (AvgIpc) is 2.53. The van der Waals surface area contributed by atoms with Crippen molar-refractivity contribution in [3.05, 3.63) is 69.5 Å². The Hall–Kier alpha value is -2.66. The number of rotatable bonds is 2. The molecule has 22 heavy (non-hydrogen) atoms. The largest absolute Gasteiger partial charge is 0.307 e. The lowest BCUT2D eigenvalue weighted by atomic mass is 10.2. The minimum Gasteiger partial charge on any atom is -0.307 e. The zero-order valence-corrected chi connectivity index (χ0v) is 12.5. The van der Waals surface area contributed by atoms with Gasteiger partial charge in [-0.15, -0.1) is 0 Å². The SMILES string of the molecule is Cn1c(=O)c(NC(=O)c2ccc(Cl)cc2)nc2ccccc21. The van der Waals surface area contributed by atoms with Crippen molar-refractivity contribution in [2.45, 2.75) is 0 Å². The molecule has 0 bridgehead atoms. The first kappa shape index (κ1) is 14.3. The molecule has 0 saturated heterocycles. The summed E-state index contributed by atoms with van der Waals surface area (Å²) in [6.07, 6.45) is 0. The second-order valence-electron chi connectivity index (χ2n) is 4.77. The van der Waals surface area contributed by atoms with Gasteiger partial charge in [-0.1, -0.05) is 23.7 Å². The zero-order valence-electron chi connectivity index (χ0n) is 11.7. The summed E-state index contributed by atoms with van der Waals surface area (Å²) in [5.41, 5.74) is 1.38. The van der Waals surface area contributed by atoms with Crippen LogP contribution in [0.15, 0.2) is 53.3 Å². The monoisotopic (exact) mass is 313 g/mol. The Balaban J connectivity index is 2.00. The Bertz CT molecular complexity index is 917. The molecule has 1 heterocycles. The fourth-order valence-corrected chi connectivity index (χ4v) is 2.27. The quantitative estimate of drug-likeness (QED) is 0.791. The van der Waals surface area contributed by atoms with Crippen LogP contribution in [0.5, 0.6) is 0 Å². The Morgan fingerprint density at radius 3 is 2.55 bits per heavy atom. The summed E-state index contributed by atoms with van der Waals surface area (Å²) < 4.78 is 1.46. The highest BCUT2D eigenvalue weighted by atomic mass is 35.5. The number of hydrogen-bond donors (Lipinski definition) is 1. The third-order valence-corrected chi connectivity index (χ3v) is 3.57. The number of nitrogens with zero attached hydrogens (tertiary/aromatic N) is 2. The summed E-state index contributed by atoms with van der Waals surface area (Å²) >= 11 is 5.79. The van der Waals surface area contributed by atoms with Crippen molar-refractivity contribution in [1.29, 1.82) is 0 Å². The molecule has 110 valence electrons. The van der Waals surface area contributed by atoms with Crippen molar-refractivity contribution >= 4 is 34.4 Å². The average molecular weight is 314 g/mol. The van der Waals surface area contributed by atoms with Gasteiger partial charge in [-0.05, 0) is 36.4 Å². The number of halogens is 1. The van der Waals surface area contributed by atoms with E-state index in [1.165, 1.54) is 4.57 Å². The van der Waals surface area contributed by atoms with Crippen LogP contribution in [0.2, 0.25) is 5.02 Å². The molecule has 0 atom stereocenters. The second kappa shape index (κ2) is 5.61. The summed E-state index contributed by atoms with van der Waals surface area (Å²) in [5.74, 6) is -0.405. The molecule has 0 aliphatic rings. The Labute approximate surface area is 131 Å². The van der Waals surface area contributed by atoms with Crippen LogP contribution in [-0.4, -0.2) is 15.5 Å². The van der Waals surface area contributed by atoms with E-state index < -0.39 is 5.91 Å². The molecule has 0 aliphatic carbocycles. The lowest BCUT2D eigenvalue weighted by molar-refractivity contribution is 0.102. The molecule has 0 radical (unpaired) electrons. The Kier molecular flexibility index (Phi) is 3.65. The van der Waals surface area contributed by atoms with E-state index in [4.69, 9.17) is 11.6 Å². The number of fused-ring (bicyclic) bond motifs is 1. The van der Waals surface area contributed by atoms with Gasteiger partial charge in [-0.2, -0.15) is 0 Å². The first-order chi connectivity index (χ1) is 10.6. The van der Waals surface area contributed by atoms with Crippen LogP contribution in [0.3, 0.4) is 0 Å². The maximum Gasteiger partial charge on any atom is 0.293 e. The summed E-state index contributed by atoms with van der Waals surface area (Å²) in [6.45, 7) is 0. The highest BCUT2D eigenvalue weighted by Gasteiger charge is 2.12. The highest BCUT2D eigenvalue weighted by molar-refractivity contribution is 6.30. The number of carbonyl (C=O) groups excluding carboxylic acids is 1. The van der Waals surface area contributed by atoms with E-state index in [0.29, 0.717) is 21.6 Å². The first-order valence-electron chi connectivity index (χ1n) is 6.59. The minimum absolute atomic E-state index is 0.00106. The van der Waals surface area contributed by atoms with E-state index in [1.54, 1.807) is 43.4 Å². The minimum atomic E-state index is -0.406. The lowest BCUT2D eigenvalue weighted by Crippen LogP contribution is -2.26. The van der Waals surface area contributed by atoms with E-state index in [2.05, 4.69) is 10.3 Å². The third-order valence-electron chi connectivity index (χ3n) is 3.32. The molecule has 2 aromatic carbocycles. The van der Waals surface area contributed by atoms with Crippen molar-refractivity contribution in [2.24, 2.45) is 7.05 Å². The van der Waals surface area contributed by atoms with E-state index in [0.717, 1.165) is 0 Å². The predicted octanol–water partition coefficient (Wildman–Crippen LogP) is 2.84. The van der Waals surface area contributed by atoms with Crippen LogP contribution >= 0.6 is 11.6 Å². The number of hydrogen-bond acceptors (Lipinski definition) is 3. The molecule has 0 saturated carbocycles. The normalized spacial score (nSPS) is 10.6. The molecule has 3 rings (SSSR count). The topological polar surface area (TPSA) is 64.0 Å². The smallest absolute Gasteiger partial charge is 0.293 e. The molecule has 0 fully saturated rings. The van der Waals surface area contributed by atoms with Crippen molar-refractivity contribution in [3.63, 3.8) is 0 Å². The van der Waals surface area contributed by atoms with Gasteiger partial charge < -0.3 is 9.88 Å². The number of para-hydroxylation sites is 2. The Morgan fingerprint density at radius 1 is 1.14 bits per heavy atom. The van der Waals surface area contributed by atoms with Gasteiger partial charge in [0.05, 0.1) is 11.0 Å². The van der Waals surface area contributed by atoms with Crippen molar-refractivity contribution in [1.82, 2.24) is 9.55 Å². The van der Waals surface area contributed by atoms with Gasteiger partial charge in [0.1, 0.15) is 0 Å². The predicted molar refractivity (Wildman–Crippen MR) is 86.4 cm³/mol. The van der Waals surface area contributed by atoms with E-state index in [-0.39, 0.29) is 11.4 Å². The van der Waals surface area contributed by atoms with Gasteiger partial charge in [0.2, 0.25) is 0 Å². The molecular weight excluding hydrogens is 302 g/mol.